The van der Waals surface area contributed by atoms with Crippen LogP contribution in [-0.2, 0) is 4.79 Å². The molecule has 1 unspecified atom stereocenters. The molecule has 0 aliphatic carbocycles. The Kier molecular flexibility index (Phi) is 5.83. The van der Waals surface area contributed by atoms with Crippen LogP contribution in [0.4, 0.5) is 5.69 Å². The molecule has 1 rings (SSSR count). The number of carbonyl (C=O) groups excluding carboxylic acids is 1. The molecular weight excluding hydrogens is 240 g/mol. The minimum Gasteiger partial charge on any atom is -0.494 e. The van der Waals surface area contributed by atoms with E-state index < -0.39 is 0 Å². The summed E-state index contributed by atoms with van der Waals surface area (Å²) in [6, 6.07) is 5.77. The Labute approximate surface area is 115 Å². The van der Waals surface area contributed by atoms with E-state index in [2.05, 4.69) is 0 Å². The van der Waals surface area contributed by atoms with Crippen LogP contribution >= 0.6 is 0 Å². The Morgan fingerprint density at radius 3 is 2.58 bits per heavy atom. The van der Waals surface area contributed by atoms with Crippen LogP contribution in [0.3, 0.4) is 0 Å². The van der Waals surface area contributed by atoms with Crippen molar-refractivity contribution in [2.24, 2.45) is 11.7 Å². The highest BCUT2D eigenvalue weighted by atomic mass is 16.5. The Morgan fingerprint density at radius 1 is 1.42 bits per heavy atom. The zero-order valence-corrected chi connectivity index (χ0v) is 12.3. The molecule has 0 aromatic heterocycles. The van der Waals surface area contributed by atoms with Crippen LogP contribution in [0.1, 0.15) is 25.8 Å². The van der Waals surface area contributed by atoms with Crippen LogP contribution in [0, 0.1) is 12.8 Å². The van der Waals surface area contributed by atoms with E-state index in [0.717, 1.165) is 23.4 Å². The lowest BCUT2D eigenvalue weighted by Gasteiger charge is -2.23. The molecule has 0 aliphatic rings. The predicted octanol–water partition coefficient (Wildman–Crippen LogP) is 2.34. The SMILES string of the molecule is CCOc1ccc(N(C)C(=O)C(CC)CN)cc1C. The van der Waals surface area contributed by atoms with Crippen molar-refractivity contribution < 1.29 is 9.53 Å². The van der Waals surface area contributed by atoms with Gasteiger partial charge >= 0.3 is 0 Å². The smallest absolute Gasteiger partial charge is 0.231 e. The van der Waals surface area contributed by atoms with Crippen molar-refractivity contribution in [1.29, 1.82) is 0 Å². The molecule has 1 aromatic carbocycles. The monoisotopic (exact) mass is 264 g/mol. The summed E-state index contributed by atoms with van der Waals surface area (Å²) in [7, 11) is 1.79. The van der Waals surface area contributed by atoms with Crippen molar-refractivity contribution in [1.82, 2.24) is 0 Å². The van der Waals surface area contributed by atoms with Gasteiger partial charge in [-0.15, -0.1) is 0 Å². The van der Waals surface area contributed by atoms with E-state index in [9.17, 15) is 4.79 Å². The minimum atomic E-state index is -0.114. The number of carbonyl (C=O) groups is 1. The zero-order valence-electron chi connectivity index (χ0n) is 12.3. The van der Waals surface area contributed by atoms with Crippen molar-refractivity contribution in [2.45, 2.75) is 27.2 Å². The Morgan fingerprint density at radius 2 is 2.11 bits per heavy atom. The molecule has 2 N–H and O–H groups in total. The van der Waals surface area contributed by atoms with Gasteiger partial charge in [-0.1, -0.05) is 6.92 Å². The van der Waals surface area contributed by atoms with Crippen LogP contribution in [0.2, 0.25) is 0 Å². The molecule has 106 valence electrons. The van der Waals surface area contributed by atoms with Gasteiger partial charge in [0, 0.05) is 19.3 Å². The second kappa shape index (κ2) is 7.14. The van der Waals surface area contributed by atoms with Crippen molar-refractivity contribution in [3.8, 4) is 5.75 Å². The Hall–Kier alpha value is -1.55. The van der Waals surface area contributed by atoms with Crippen molar-refractivity contribution in [3.05, 3.63) is 23.8 Å². The molecule has 1 amide bonds. The molecule has 1 atom stereocenters. The molecule has 0 saturated carbocycles. The average Bonchev–Trinajstić information content (AvgIpc) is 2.41. The lowest BCUT2D eigenvalue weighted by molar-refractivity contribution is -0.121. The van der Waals surface area contributed by atoms with Crippen LogP contribution in [0.25, 0.3) is 0 Å². The third-order valence-electron chi connectivity index (χ3n) is 3.30. The number of nitrogens with two attached hydrogens (primary N) is 1. The van der Waals surface area contributed by atoms with Gasteiger partial charge in [0.25, 0.3) is 0 Å². The third kappa shape index (κ3) is 3.70. The summed E-state index contributed by atoms with van der Waals surface area (Å²) in [4.78, 5) is 13.9. The molecule has 0 radical (unpaired) electrons. The third-order valence-corrected chi connectivity index (χ3v) is 3.30. The predicted molar refractivity (Wildman–Crippen MR) is 78.6 cm³/mol. The van der Waals surface area contributed by atoms with Gasteiger partial charge in [0.15, 0.2) is 0 Å². The van der Waals surface area contributed by atoms with E-state index in [1.54, 1.807) is 11.9 Å². The lowest BCUT2D eigenvalue weighted by atomic mass is 10.0. The van der Waals surface area contributed by atoms with Gasteiger partial charge in [-0.05, 0) is 44.0 Å². The highest BCUT2D eigenvalue weighted by Crippen LogP contribution is 2.25. The first-order valence-electron chi connectivity index (χ1n) is 6.76. The highest BCUT2D eigenvalue weighted by molar-refractivity contribution is 5.94. The molecule has 0 aliphatic heterocycles. The molecule has 0 fully saturated rings. The topological polar surface area (TPSA) is 55.6 Å². The Bertz CT molecular complexity index is 428. The summed E-state index contributed by atoms with van der Waals surface area (Å²) in [5.74, 6) is 0.809. The molecule has 0 bridgehead atoms. The van der Waals surface area contributed by atoms with Crippen molar-refractivity contribution >= 4 is 11.6 Å². The van der Waals surface area contributed by atoms with Gasteiger partial charge in [0.2, 0.25) is 5.91 Å². The minimum absolute atomic E-state index is 0.0635. The maximum atomic E-state index is 12.2. The van der Waals surface area contributed by atoms with Crippen LogP contribution in [0.15, 0.2) is 18.2 Å². The number of anilines is 1. The average molecular weight is 264 g/mol. The van der Waals surface area contributed by atoms with E-state index in [1.807, 2.05) is 39.0 Å². The molecule has 19 heavy (non-hydrogen) atoms. The number of nitrogens with zero attached hydrogens (tertiary/aromatic N) is 1. The molecular formula is C15H24N2O2. The zero-order chi connectivity index (χ0) is 14.4. The lowest BCUT2D eigenvalue weighted by Crippen LogP contribution is -2.36. The number of benzene rings is 1. The fraction of sp³-hybridized carbons (Fsp3) is 0.533. The van der Waals surface area contributed by atoms with Gasteiger partial charge in [-0.2, -0.15) is 0 Å². The number of rotatable bonds is 6. The van der Waals surface area contributed by atoms with Gasteiger partial charge in [-0.3, -0.25) is 4.79 Å². The van der Waals surface area contributed by atoms with Gasteiger partial charge in [0.05, 0.1) is 12.5 Å². The molecule has 0 heterocycles. The molecule has 4 nitrogen and oxygen atoms in total. The Balaban J connectivity index is 2.91. The number of hydrogen-bond acceptors (Lipinski definition) is 3. The molecule has 1 aromatic rings. The summed E-state index contributed by atoms with van der Waals surface area (Å²) in [6.45, 7) is 6.94. The molecule has 0 spiro atoms. The van der Waals surface area contributed by atoms with Crippen LogP contribution in [0.5, 0.6) is 5.75 Å². The standard InChI is InChI=1S/C15H24N2O2/c1-5-12(10-16)15(18)17(4)13-7-8-14(19-6-2)11(3)9-13/h7-9,12H,5-6,10,16H2,1-4H3. The summed E-state index contributed by atoms with van der Waals surface area (Å²) in [5, 5.41) is 0. The van der Waals surface area contributed by atoms with Gasteiger partial charge in [-0.25, -0.2) is 0 Å². The van der Waals surface area contributed by atoms with Gasteiger partial charge in [0.1, 0.15) is 5.75 Å². The van der Waals surface area contributed by atoms with Crippen LogP contribution in [-0.4, -0.2) is 26.1 Å². The van der Waals surface area contributed by atoms with E-state index >= 15 is 0 Å². The van der Waals surface area contributed by atoms with E-state index in [0.29, 0.717) is 13.2 Å². The largest absolute Gasteiger partial charge is 0.494 e. The first-order valence-corrected chi connectivity index (χ1v) is 6.76. The number of ether oxygens (including phenoxy) is 1. The van der Waals surface area contributed by atoms with Crippen molar-refractivity contribution in [3.63, 3.8) is 0 Å². The first-order chi connectivity index (χ1) is 9.04. The fourth-order valence-corrected chi connectivity index (χ4v) is 2.00. The van der Waals surface area contributed by atoms with Crippen LogP contribution < -0.4 is 15.4 Å². The number of hydrogen-bond donors (Lipinski definition) is 1. The van der Waals surface area contributed by atoms with E-state index in [-0.39, 0.29) is 11.8 Å². The normalized spacial score (nSPS) is 12.1. The summed E-state index contributed by atoms with van der Waals surface area (Å²) < 4.78 is 5.50. The van der Waals surface area contributed by atoms with E-state index in [1.165, 1.54) is 0 Å². The number of aryl methyl sites for hydroxylation is 1. The maximum absolute atomic E-state index is 12.2. The van der Waals surface area contributed by atoms with E-state index in [4.69, 9.17) is 10.5 Å². The number of amides is 1. The maximum Gasteiger partial charge on any atom is 0.231 e. The van der Waals surface area contributed by atoms with Crippen molar-refractivity contribution in [2.75, 3.05) is 25.1 Å². The molecule has 4 heteroatoms. The summed E-state index contributed by atoms with van der Waals surface area (Å²) >= 11 is 0. The summed E-state index contributed by atoms with van der Waals surface area (Å²) in [6.07, 6.45) is 0.760. The highest BCUT2D eigenvalue weighted by Gasteiger charge is 2.20. The first kappa shape index (κ1) is 15.5. The second-order valence-electron chi connectivity index (χ2n) is 4.62. The fourth-order valence-electron chi connectivity index (χ4n) is 2.00. The molecule has 0 saturated heterocycles. The second-order valence-corrected chi connectivity index (χ2v) is 4.62. The summed E-state index contributed by atoms with van der Waals surface area (Å²) in [5.41, 5.74) is 7.53. The quantitative estimate of drug-likeness (QED) is 0.858. The van der Waals surface area contributed by atoms with Gasteiger partial charge < -0.3 is 15.4 Å².